The zero-order valence-electron chi connectivity index (χ0n) is 15.1. The van der Waals surface area contributed by atoms with Crippen LogP contribution in [0.5, 0.6) is 5.75 Å². The Kier molecular flexibility index (Phi) is 6.11. The van der Waals surface area contributed by atoms with Crippen LogP contribution in [0.2, 0.25) is 0 Å². The number of methoxy groups -OCH3 is 1. The molecular weight excluding hydrogens is 336 g/mol. The van der Waals surface area contributed by atoms with Crippen LogP contribution in [-0.2, 0) is 25.6 Å². The number of ether oxygens (including phenoxy) is 3. The SMILES string of the molecule is COc1ccccc1CNC(=O)C(=O)NC[C@H]1COC2(CCCCC2)O1. The van der Waals surface area contributed by atoms with Gasteiger partial charge in [0.2, 0.25) is 0 Å². The summed E-state index contributed by atoms with van der Waals surface area (Å²) >= 11 is 0. The number of rotatable bonds is 5. The fourth-order valence-corrected chi connectivity index (χ4v) is 3.46. The molecule has 1 aromatic carbocycles. The summed E-state index contributed by atoms with van der Waals surface area (Å²) < 4.78 is 17.0. The van der Waals surface area contributed by atoms with Gasteiger partial charge in [0.25, 0.3) is 0 Å². The van der Waals surface area contributed by atoms with Crippen molar-refractivity contribution in [2.75, 3.05) is 20.3 Å². The van der Waals surface area contributed by atoms with Crippen LogP contribution in [-0.4, -0.2) is 44.0 Å². The molecule has 1 aliphatic carbocycles. The quantitative estimate of drug-likeness (QED) is 0.776. The third-order valence-corrected chi connectivity index (χ3v) is 4.86. The molecule has 142 valence electrons. The first-order valence-electron chi connectivity index (χ1n) is 9.11. The van der Waals surface area contributed by atoms with Crippen molar-refractivity contribution in [3.8, 4) is 5.75 Å². The zero-order chi connectivity index (χ0) is 18.4. The minimum atomic E-state index is -0.679. The fourth-order valence-electron chi connectivity index (χ4n) is 3.46. The maximum atomic E-state index is 12.0. The molecule has 7 nitrogen and oxygen atoms in total. The summed E-state index contributed by atoms with van der Waals surface area (Å²) in [4.78, 5) is 24.0. The summed E-state index contributed by atoms with van der Waals surface area (Å²) in [5.41, 5.74) is 0.808. The van der Waals surface area contributed by atoms with E-state index in [1.165, 1.54) is 6.42 Å². The number of nitrogens with one attached hydrogen (secondary N) is 2. The summed E-state index contributed by atoms with van der Waals surface area (Å²) in [5.74, 6) is -1.16. The van der Waals surface area contributed by atoms with E-state index in [4.69, 9.17) is 14.2 Å². The van der Waals surface area contributed by atoms with Crippen molar-refractivity contribution in [1.29, 1.82) is 0 Å². The molecule has 3 rings (SSSR count). The second kappa shape index (κ2) is 8.51. The monoisotopic (exact) mass is 362 g/mol. The third kappa shape index (κ3) is 4.53. The van der Waals surface area contributed by atoms with Gasteiger partial charge >= 0.3 is 11.8 Å². The predicted molar refractivity (Wildman–Crippen MR) is 94.5 cm³/mol. The van der Waals surface area contributed by atoms with Crippen molar-refractivity contribution in [1.82, 2.24) is 10.6 Å². The van der Waals surface area contributed by atoms with E-state index in [1.807, 2.05) is 18.2 Å². The van der Waals surface area contributed by atoms with Crippen LogP contribution in [0.4, 0.5) is 0 Å². The Balaban J connectivity index is 1.41. The lowest BCUT2D eigenvalue weighted by atomic mass is 9.94. The molecule has 2 amide bonds. The Hall–Kier alpha value is -2.12. The number of benzene rings is 1. The van der Waals surface area contributed by atoms with E-state index in [0.717, 1.165) is 31.2 Å². The van der Waals surface area contributed by atoms with Gasteiger partial charge in [0.1, 0.15) is 11.9 Å². The number of para-hydroxylation sites is 1. The van der Waals surface area contributed by atoms with Crippen LogP contribution in [0, 0.1) is 0 Å². The number of carbonyl (C=O) groups excluding carboxylic acids is 2. The maximum Gasteiger partial charge on any atom is 0.309 e. The standard InChI is InChI=1S/C19H26N2O5/c1-24-16-8-4-3-7-14(16)11-20-17(22)18(23)21-12-15-13-25-19(26-15)9-5-2-6-10-19/h3-4,7-8,15H,2,5-6,9-13H2,1H3,(H,20,22)(H,21,23)/t15-/m0/s1. The van der Waals surface area contributed by atoms with Gasteiger partial charge in [0, 0.05) is 31.5 Å². The lowest BCUT2D eigenvalue weighted by Crippen LogP contribution is -2.43. The van der Waals surface area contributed by atoms with Crippen molar-refractivity contribution >= 4 is 11.8 Å². The average molecular weight is 362 g/mol. The van der Waals surface area contributed by atoms with Crippen molar-refractivity contribution < 1.29 is 23.8 Å². The molecule has 0 unspecified atom stereocenters. The molecule has 1 atom stereocenters. The van der Waals surface area contributed by atoms with Crippen LogP contribution in [0.1, 0.15) is 37.7 Å². The van der Waals surface area contributed by atoms with E-state index in [1.54, 1.807) is 13.2 Å². The third-order valence-electron chi connectivity index (χ3n) is 4.86. The van der Waals surface area contributed by atoms with Crippen LogP contribution in [0.25, 0.3) is 0 Å². The van der Waals surface area contributed by atoms with Crippen molar-refractivity contribution in [3.63, 3.8) is 0 Å². The van der Waals surface area contributed by atoms with Crippen LogP contribution in [0.15, 0.2) is 24.3 Å². The Morgan fingerprint density at radius 3 is 2.65 bits per heavy atom. The van der Waals surface area contributed by atoms with Crippen molar-refractivity contribution in [3.05, 3.63) is 29.8 Å². The van der Waals surface area contributed by atoms with E-state index in [2.05, 4.69) is 10.6 Å². The molecule has 0 aromatic heterocycles. The van der Waals surface area contributed by atoms with E-state index in [-0.39, 0.29) is 19.2 Å². The summed E-state index contributed by atoms with van der Waals surface area (Å²) in [7, 11) is 1.57. The zero-order valence-corrected chi connectivity index (χ0v) is 15.1. The first-order valence-corrected chi connectivity index (χ1v) is 9.11. The predicted octanol–water partition coefficient (Wildman–Crippen LogP) is 1.50. The van der Waals surface area contributed by atoms with Gasteiger partial charge in [0.05, 0.1) is 13.7 Å². The number of amides is 2. The van der Waals surface area contributed by atoms with Crippen LogP contribution >= 0.6 is 0 Å². The van der Waals surface area contributed by atoms with Gasteiger partial charge < -0.3 is 24.8 Å². The minimum Gasteiger partial charge on any atom is -0.496 e. The van der Waals surface area contributed by atoms with Crippen LogP contribution < -0.4 is 15.4 Å². The van der Waals surface area contributed by atoms with Crippen molar-refractivity contribution in [2.45, 2.75) is 50.5 Å². The molecule has 1 aromatic rings. The van der Waals surface area contributed by atoms with E-state index in [9.17, 15) is 9.59 Å². The molecule has 1 heterocycles. The van der Waals surface area contributed by atoms with Gasteiger partial charge in [-0.3, -0.25) is 9.59 Å². The van der Waals surface area contributed by atoms with Gasteiger partial charge in [0.15, 0.2) is 5.79 Å². The van der Waals surface area contributed by atoms with E-state index >= 15 is 0 Å². The topological polar surface area (TPSA) is 85.9 Å². The first-order chi connectivity index (χ1) is 12.6. The molecule has 0 bridgehead atoms. The summed E-state index contributed by atoms with van der Waals surface area (Å²) in [6.45, 7) is 0.939. The summed E-state index contributed by atoms with van der Waals surface area (Å²) in [6.07, 6.45) is 5.00. The smallest absolute Gasteiger partial charge is 0.309 e. The highest BCUT2D eigenvalue weighted by Gasteiger charge is 2.42. The van der Waals surface area contributed by atoms with E-state index in [0.29, 0.717) is 12.4 Å². The van der Waals surface area contributed by atoms with Gasteiger partial charge in [-0.2, -0.15) is 0 Å². The van der Waals surface area contributed by atoms with E-state index < -0.39 is 17.6 Å². The van der Waals surface area contributed by atoms with Gasteiger partial charge in [-0.1, -0.05) is 24.6 Å². The minimum absolute atomic E-state index is 0.209. The summed E-state index contributed by atoms with van der Waals surface area (Å²) in [5, 5.41) is 5.23. The average Bonchev–Trinajstić information content (AvgIpc) is 3.07. The number of hydrogen-bond acceptors (Lipinski definition) is 5. The molecule has 1 aliphatic heterocycles. The Labute approximate surface area is 153 Å². The molecule has 1 spiro atoms. The highest BCUT2D eigenvalue weighted by atomic mass is 16.7. The molecule has 1 saturated heterocycles. The molecule has 2 fully saturated rings. The second-order valence-corrected chi connectivity index (χ2v) is 6.73. The molecule has 7 heteroatoms. The van der Waals surface area contributed by atoms with Gasteiger partial charge in [-0.25, -0.2) is 0 Å². The largest absolute Gasteiger partial charge is 0.496 e. The lowest BCUT2D eigenvalue weighted by Gasteiger charge is -2.31. The highest BCUT2D eigenvalue weighted by molar-refractivity contribution is 6.35. The number of hydrogen-bond donors (Lipinski definition) is 2. The Bertz CT molecular complexity index is 643. The Morgan fingerprint density at radius 2 is 1.88 bits per heavy atom. The Morgan fingerprint density at radius 1 is 1.15 bits per heavy atom. The second-order valence-electron chi connectivity index (χ2n) is 6.73. The normalized spacial score (nSPS) is 21.3. The van der Waals surface area contributed by atoms with Gasteiger partial charge in [-0.15, -0.1) is 0 Å². The highest BCUT2D eigenvalue weighted by Crippen LogP contribution is 2.37. The fraction of sp³-hybridized carbons (Fsp3) is 0.579. The summed E-state index contributed by atoms with van der Waals surface area (Å²) in [6, 6.07) is 7.34. The molecule has 2 N–H and O–H groups in total. The van der Waals surface area contributed by atoms with Crippen LogP contribution in [0.3, 0.4) is 0 Å². The van der Waals surface area contributed by atoms with Crippen molar-refractivity contribution in [2.24, 2.45) is 0 Å². The molecule has 1 saturated carbocycles. The maximum absolute atomic E-state index is 12.0. The molecule has 26 heavy (non-hydrogen) atoms. The number of carbonyl (C=O) groups is 2. The molecule has 2 aliphatic rings. The van der Waals surface area contributed by atoms with Gasteiger partial charge in [-0.05, 0) is 18.9 Å². The first kappa shape index (κ1) is 18.7. The molecular formula is C19H26N2O5. The lowest BCUT2D eigenvalue weighted by molar-refractivity contribution is -0.186. The molecule has 0 radical (unpaired) electrons.